The van der Waals surface area contributed by atoms with Crippen LogP contribution in [-0.2, 0) is 0 Å². The Balaban J connectivity index is 2.17. The van der Waals surface area contributed by atoms with Gasteiger partial charge in [-0.2, -0.15) is 4.68 Å². The minimum absolute atomic E-state index is 0.340. The average Bonchev–Trinajstić information content (AvgIpc) is 2.84. The van der Waals surface area contributed by atoms with E-state index in [-0.39, 0.29) is 5.82 Å². The quantitative estimate of drug-likeness (QED) is 0.836. The minimum Gasteiger partial charge on any atom is -0.392 e. The molecule has 2 rings (SSSR count). The van der Waals surface area contributed by atoms with E-state index in [1.165, 1.54) is 28.6 Å². The van der Waals surface area contributed by atoms with Crippen LogP contribution < -0.4 is 0 Å². The topological polar surface area (TPSA) is 63.8 Å². The third-order valence-electron chi connectivity index (χ3n) is 2.37. The molecule has 2 aromatic rings. The van der Waals surface area contributed by atoms with Gasteiger partial charge in [0.1, 0.15) is 5.82 Å². The lowest BCUT2D eigenvalue weighted by Gasteiger charge is -2.07. The predicted octanol–water partition coefficient (Wildman–Crippen LogP) is 1.66. The number of benzene rings is 1. The Labute approximate surface area is 108 Å². The monoisotopic (exact) mass is 268 g/mol. The molecule has 0 spiro atoms. The molecule has 0 amide bonds. The standard InChI is InChI=1S/C11H13FN4OS/c1-2-10(17)7-18-11-13-14-15-16(11)9-5-3-4-8(12)6-9/h3-6,10,17H,2,7H2,1H3. The van der Waals surface area contributed by atoms with Crippen molar-refractivity contribution in [1.29, 1.82) is 0 Å². The van der Waals surface area contributed by atoms with Gasteiger partial charge in [0.15, 0.2) is 0 Å². The Hall–Kier alpha value is -1.47. The molecule has 96 valence electrons. The molecule has 0 saturated heterocycles. The van der Waals surface area contributed by atoms with E-state index in [9.17, 15) is 9.50 Å². The summed E-state index contributed by atoms with van der Waals surface area (Å²) in [7, 11) is 0. The van der Waals surface area contributed by atoms with Crippen LogP contribution in [0.3, 0.4) is 0 Å². The van der Waals surface area contributed by atoms with Crippen LogP contribution in [-0.4, -0.2) is 37.2 Å². The number of hydrogen-bond acceptors (Lipinski definition) is 5. The lowest BCUT2D eigenvalue weighted by molar-refractivity contribution is 0.195. The van der Waals surface area contributed by atoms with Crippen molar-refractivity contribution in [3.63, 3.8) is 0 Å². The van der Waals surface area contributed by atoms with E-state index in [1.54, 1.807) is 12.1 Å². The summed E-state index contributed by atoms with van der Waals surface area (Å²) >= 11 is 1.34. The summed E-state index contributed by atoms with van der Waals surface area (Å²) in [5.41, 5.74) is 0.563. The lowest BCUT2D eigenvalue weighted by atomic mass is 10.3. The first-order valence-electron chi connectivity index (χ1n) is 5.56. The second kappa shape index (κ2) is 5.92. The fourth-order valence-electron chi connectivity index (χ4n) is 1.33. The molecule has 0 radical (unpaired) electrons. The van der Waals surface area contributed by atoms with E-state index in [2.05, 4.69) is 15.5 Å². The first-order valence-corrected chi connectivity index (χ1v) is 6.54. The maximum atomic E-state index is 13.1. The van der Waals surface area contributed by atoms with E-state index in [1.807, 2.05) is 6.92 Å². The van der Waals surface area contributed by atoms with Gasteiger partial charge in [0.05, 0.1) is 11.8 Å². The van der Waals surface area contributed by atoms with Gasteiger partial charge in [0.25, 0.3) is 0 Å². The first-order chi connectivity index (χ1) is 8.70. The minimum atomic E-state index is -0.396. The number of rotatable bonds is 5. The van der Waals surface area contributed by atoms with Crippen LogP contribution in [0.4, 0.5) is 4.39 Å². The summed E-state index contributed by atoms with van der Waals surface area (Å²) < 4.78 is 14.6. The lowest BCUT2D eigenvalue weighted by Crippen LogP contribution is -2.08. The van der Waals surface area contributed by atoms with E-state index in [0.29, 0.717) is 23.0 Å². The molecule has 18 heavy (non-hydrogen) atoms. The molecule has 7 heteroatoms. The number of halogens is 1. The van der Waals surface area contributed by atoms with Crippen LogP contribution in [0.2, 0.25) is 0 Å². The molecule has 0 aliphatic rings. The molecule has 0 aliphatic heterocycles. The van der Waals surface area contributed by atoms with E-state index in [4.69, 9.17) is 0 Å². The SMILES string of the molecule is CCC(O)CSc1nnnn1-c1cccc(F)c1. The fourth-order valence-corrected chi connectivity index (χ4v) is 2.26. The molecule has 1 atom stereocenters. The third kappa shape index (κ3) is 3.05. The van der Waals surface area contributed by atoms with Gasteiger partial charge in [-0.05, 0) is 35.0 Å². The van der Waals surface area contributed by atoms with Crippen LogP contribution in [0, 0.1) is 5.82 Å². The summed E-state index contributed by atoms with van der Waals surface area (Å²) in [6.45, 7) is 1.90. The van der Waals surface area contributed by atoms with Gasteiger partial charge in [-0.3, -0.25) is 0 Å². The highest BCUT2D eigenvalue weighted by Gasteiger charge is 2.11. The summed E-state index contributed by atoms with van der Waals surface area (Å²) in [5, 5.41) is 21.3. The molecular weight excluding hydrogens is 255 g/mol. The first kappa shape index (κ1) is 13.0. The number of nitrogens with zero attached hydrogens (tertiary/aromatic N) is 4. The smallest absolute Gasteiger partial charge is 0.214 e. The molecule has 1 unspecified atom stereocenters. The second-order valence-electron chi connectivity index (χ2n) is 3.73. The zero-order chi connectivity index (χ0) is 13.0. The number of aliphatic hydroxyl groups is 1. The average molecular weight is 268 g/mol. The van der Waals surface area contributed by atoms with E-state index < -0.39 is 6.10 Å². The largest absolute Gasteiger partial charge is 0.392 e. The molecular formula is C11H13FN4OS. The Morgan fingerprint density at radius 2 is 2.33 bits per heavy atom. The molecule has 1 N–H and O–H groups in total. The number of aromatic nitrogens is 4. The molecule has 1 aromatic carbocycles. The number of thioether (sulfide) groups is 1. The zero-order valence-corrected chi connectivity index (χ0v) is 10.6. The Bertz CT molecular complexity index is 519. The highest BCUT2D eigenvalue weighted by Crippen LogP contribution is 2.19. The van der Waals surface area contributed by atoms with Crippen molar-refractivity contribution in [3.05, 3.63) is 30.1 Å². The van der Waals surface area contributed by atoms with Gasteiger partial charge in [0, 0.05) is 5.75 Å². The highest BCUT2D eigenvalue weighted by atomic mass is 32.2. The van der Waals surface area contributed by atoms with E-state index >= 15 is 0 Å². The summed E-state index contributed by atoms with van der Waals surface area (Å²) in [6.07, 6.45) is 0.279. The van der Waals surface area contributed by atoms with Crippen LogP contribution in [0.15, 0.2) is 29.4 Å². The molecule has 1 heterocycles. The van der Waals surface area contributed by atoms with Gasteiger partial charge in [-0.1, -0.05) is 24.8 Å². The zero-order valence-electron chi connectivity index (χ0n) is 9.82. The van der Waals surface area contributed by atoms with Crippen molar-refractivity contribution < 1.29 is 9.50 Å². The molecule has 0 aliphatic carbocycles. The van der Waals surface area contributed by atoms with Crippen molar-refractivity contribution in [1.82, 2.24) is 20.2 Å². The third-order valence-corrected chi connectivity index (χ3v) is 3.43. The Morgan fingerprint density at radius 3 is 3.06 bits per heavy atom. The van der Waals surface area contributed by atoms with Crippen molar-refractivity contribution >= 4 is 11.8 Å². The number of aliphatic hydroxyl groups excluding tert-OH is 1. The highest BCUT2D eigenvalue weighted by molar-refractivity contribution is 7.99. The predicted molar refractivity (Wildman–Crippen MR) is 66.1 cm³/mol. The number of tetrazole rings is 1. The molecule has 0 fully saturated rings. The molecule has 5 nitrogen and oxygen atoms in total. The van der Waals surface area contributed by atoms with Crippen molar-refractivity contribution in [2.75, 3.05) is 5.75 Å². The normalized spacial score (nSPS) is 12.6. The van der Waals surface area contributed by atoms with Crippen molar-refractivity contribution in [2.45, 2.75) is 24.6 Å². The fraction of sp³-hybridized carbons (Fsp3) is 0.364. The maximum absolute atomic E-state index is 13.1. The van der Waals surface area contributed by atoms with Crippen LogP contribution >= 0.6 is 11.8 Å². The van der Waals surface area contributed by atoms with Gasteiger partial charge in [-0.15, -0.1) is 5.10 Å². The van der Waals surface area contributed by atoms with Gasteiger partial charge < -0.3 is 5.11 Å². The van der Waals surface area contributed by atoms with Crippen molar-refractivity contribution in [3.8, 4) is 5.69 Å². The van der Waals surface area contributed by atoms with Gasteiger partial charge in [-0.25, -0.2) is 4.39 Å². The summed E-state index contributed by atoms with van der Waals surface area (Å²) in [5.74, 6) is 0.166. The van der Waals surface area contributed by atoms with Crippen LogP contribution in [0.5, 0.6) is 0 Å². The Morgan fingerprint density at radius 1 is 1.50 bits per heavy atom. The van der Waals surface area contributed by atoms with E-state index in [0.717, 1.165) is 0 Å². The summed E-state index contributed by atoms with van der Waals surface area (Å²) in [6, 6.07) is 6.04. The van der Waals surface area contributed by atoms with Crippen LogP contribution in [0.1, 0.15) is 13.3 Å². The number of hydrogen-bond donors (Lipinski definition) is 1. The second-order valence-corrected chi connectivity index (χ2v) is 4.71. The maximum Gasteiger partial charge on any atom is 0.214 e. The molecule has 0 saturated carbocycles. The summed E-state index contributed by atoms with van der Waals surface area (Å²) in [4.78, 5) is 0. The van der Waals surface area contributed by atoms with Crippen LogP contribution in [0.25, 0.3) is 5.69 Å². The molecule has 1 aromatic heterocycles. The van der Waals surface area contributed by atoms with Gasteiger partial charge >= 0.3 is 0 Å². The van der Waals surface area contributed by atoms with Crippen molar-refractivity contribution in [2.24, 2.45) is 0 Å². The molecule has 0 bridgehead atoms. The van der Waals surface area contributed by atoms with Gasteiger partial charge in [0.2, 0.25) is 5.16 Å². The Kier molecular flexibility index (Phi) is 4.27.